The topological polar surface area (TPSA) is 115 Å². The summed E-state index contributed by atoms with van der Waals surface area (Å²) in [7, 11) is -3.31. The van der Waals surface area contributed by atoms with Gasteiger partial charge < -0.3 is 14.4 Å². The van der Waals surface area contributed by atoms with Crippen LogP contribution in [0.2, 0.25) is 0 Å². The predicted molar refractivity (Wildman–Crippen MR) is 139 cm³/mol. The van der Waals surface area contributed by atoms with Crippen molar-refractivity contribution < 1.29 is 27.5 Å². The van der Waals surface area contributed by atoms with E-state index in [1.165, 1.54) is 11.3 Å². The number of aromatic nitrogens is 1. The van der Waals surface area contributed by atoms with Crippen LogP contribution in [0.25, 0.3) is 0 Å². The number of amides is 2. The van der Waals surface area contributed by atoms with Crippen molar-refractivity contribution in [2.24, 2.45) is 0 Å². The Balaban J connectivity index is 1.29. The van der Waals surface area contributed by atoms with E-state index in [4.69, 9.17) is 9.47 Å². The molecule has 3 fully saturated rings. The van der Waals surface area contributed by atoms with Crippen LogP contribution in [0, 0.1) is 0 Å². The molecule has 1 unspecified atom stereocenters. The van der Waals surface area contributed by atoms with E-state index < -0.39 is 15.9 Å². The second-order valence-corrected chi connectivity index (χ2v) is 13.1. The van der Waals surface area contributed by atoms with Crippen molar-refractivity contribution in [2.75, 3.05) is 31.6 Å². The highest BCUT2D eigenvalue weighted by molar-refractivity contribution is 7.92. The van der Waals surface area contributed by atoms with Gasteiger partial charge >= 0.3 is 0 Å². The van der Waals surface area contributed by atoms with Crippen LogP contribution in [0.1, 0.15) is 68.7 Å². The second-order valence-electron chi connectivity index (χ2n) is 9.99. The summed E-state index contributed by atoms with van der Waals surface area (Å²) in [6.45, 7) is 4.18. The van der Waals surface area contributed by atoms with Crippen molar-refractivity contribution in [3.8, 4) is 0 Å². The van der Waals surface area contributed by atoms with Gasteiger partial charge in [0, 0.05) is 44.5 Å². The minimum absolute atomic E-state index is 0.0958. The number of carbonyl (C=O) groups excluding carboxylic acids is 2. The van der Waals surface area contributed by atoms with Gasteiger partial charge in [-0.15, -0.1) is 11.3 Å². The molecule has 3 heterocycles. The number of nitrogens with zero attached hydrogens (tertiary/aromatic N) is 2. The molecular weight excluding hydrogens is 514 g/mol. The molecule has 9 nitrogen and oxygen atoms in total. The Bertz CT molecular complexity index is 1210. The average Bonchev–Trinajstić information content (AvgIpc) is 3.68. The maximum Gasteiger partial charge on any atom is 0.259 e. The highest BCUT2D eigenvalue weighted by atomic mass is 32.2. The van der Waals surface area contributed by atoms with Crippen LogP contribution in [-0.2, 0) is 28.9 Å². The average molecular weight is 548 g/mol. The zero-order chi connectivity index (χ0) is 26.0. The van der Waals surface area contributed by atoms with Crippen LogP contribution < -0.4 is 5.32 Å². The van der Waals surface area contributed by atoms with Crippen molar-refractivity contribution >= 4 is 38.1 Å². The lowest BCUT2D eigenvalue weighted by molar-refractivity contribution is -0.136. The van der Waals surface area contributed by atoms with Gasteiger partial charge in [-0.1, -0.05) is 12.1 Å². The number of sulfone groups is 1. The fourth-order valence-electron chi connectivity index (χ4n) is 4.89. The Morgan fingerprint density at radius 2 is 1.76 bits per heavy atom. The molecule has 0 bridgehead atoms. The number of thiazole rings is 1. The Morgan fingerprint density at radius 3 is 2.38 bits per heavy atom. The molecule has 11 heteroatoms. The number of piperidine rings is 1. The summed E-state index contributed by atoms with van der Waals surface area (Å²) in [6.07, 6.45) is 3.47. The molecule has 37 heavy (non-hydrogen) atoms. The number of hydrogen-bond acceptors (Lipinski definition) is 8. The quantitative estimate of drug-likeness (QED) is 0.536. The lowest BCUT2D eigenvalue weighted by atomic mass is 9.94. The third-order valence-corrected chi connectivity index (χ3v) is 10.4. The summed E-state index contributed by atoms with van der Waals surface area (Å²) < 4.78 is 36.9. The maximum atomic E-state index is 13.4. The predicted octanol–water partition coefficient (Wildman–Crippen LogP) is 3.68. The summed E-state index contributed by atoms with van der Waals surface area (Å²) in [5, 5.41) is 5.10. The van der Waals surface area contributed by atoms with E-state index in [-0.39, 0.29) is 34.0 Å². The molecule has 3 aliphatic rings. The van der Waals surface area contributed by atoms with Crippen LogP contribution in [0.4, 0.5) is 5.13 Å². The van der Waals surface area contributed by atoms with E-state index in [2.05, 4.69) is 10.3 Å². The van der Waals surface area contributed by atoms with Crippen LogP contribution in [0.15, 0.2) is 34.5 Å². The largest absolute Gasteiger partial charge is 0.381 e. The summed E-state index contributed by atoms with van der Waals surface area (Å²) in [5.41, 5.74) is 1.53. The SMILES string of the molecule is CC(=O)N1CCC(c2csc(NC(=O)C(OC3CCOCC3)c3ccc(S(=O)(=O)C4CC4)cc3)n2)CC1. The second kappa shape index (κ2) is 11.2. The van der Waals surface area contributed by atoms with E-state index in [1.807, 2.05) is 10.3 Å². The van der Waals surface area contributed by atoms with Crippen molar-refractivity contribution in [2.45, 2.75) is 73.7 Å². The highest BCUT2D eigenvalue weighted by Gasteiger charge is 2.37. The summed E-state index contributed by atoms with van der Waals surface area (Å²) in [6, 6.07) is 6.50. The van der Waals surface area contributed by atoms with Gasteiger partial charge in [0.25, 0.3) is 5.91 Å². The first-order valence-corrected chi connectivity index (χ1v) is 15.3. The Kier molecular flexibility index (Phi) is 7.94. The number of ether oxygens (including phenoxy) is 2. The van der Waals surface area contributed by atoms with E-state index in [1.54, 1.807) is 31.2 Å². The molecule has 0 radical (unpaired) electrons. The van der Waals surface area contributed by atoms with Crippen molar-refractivity contribution in [3.05, 3.63) is 40.9 Å². The van der Waals surface area contributed by atoms with Crippen LogP contribution in [-0.4, -0.2) is 67.8 Å². The van der Waals surface area contributed by atoms with Crippen LogP contribution >= 0.6 is 11.3 Å². The lowest BCUT2D eigenvalue weighted by Gasteiger charge is -2.30. The van der Waals surface area contributed by atoms with Gasteiger partial charge in [0.1, 0.15) is 0 Å². The molecule has 1 aromatic carbocycles. The number of anilines is 1. The number of nitrogens with one attached hydrogen (secondary N) is 1. The van der Waals surface area contributed by atoms with E-state index in [0.717, 1.165) is 18.5 Å². The highest BCUT2D eigenvalue weighted by Crippen LogP contribution is 2.35. The van der Waals surface area contributed by atoms with Gasteiger partial charge in [-0.25, -0.2) is 13.4 Å². The zero-order valence-corrected chi connectivity index (χ0v) is 22.6. The summed E-state index contributed by atoms with van der Waals surface area (Å²) >= 11 is 1.37. The molecule has 1 N–H and O–H groups in total. The van der Waals surface area contributed by atoms with Crippen LogP contribution in [0.3, 0.4) is 0 Å². The Morgan fingerprint density at radius 1 is 1.08 bits per heavy atom. The minimum atomic E-state index is -3.31. The summed E-state index contributed by atoms with van der Waals surface area (Å²) in [4.78, 5) is 31.8. The monoisotopic (exact) mass is 547 g/mol. The molecule has 1 aromatic heterocycles. The van der Waals surface area contributed by atoms with Gasteiger partial charge in [0.2, 0.25) is 5.91 Å². The molecule has 1 atom stereocenters. The van der Waals surface area contributed by atoms with E-state index >= 15 is 0 Å². The van der Waals surface area contributed by atoms with Gasteiger partial charge in [0.05, 0.1) is 21.9 Å². The van der Waals surface area contributed by atoms with Gasteiger partial charge in [0.15, 0.2) is 21.1 Å². The van der Waals surface area contributed by atoms with Gasteiger partial charge in [-0.3, -0.25) is 14.9 Å². The Labute approximate surface area is 221 Å². The fraction of sp³-hybridized carbons (Fsp3) is 0.577. The van der Waals surface area contributed by atoms with Gasteiger partial charge in [-0.05, 0) is 56.2 Å². The normalized spacial score (nSPS) is 20.5. The standard InChI is InChI=1S/C26H33N3O6S2/c1-17(30)29-12-8-18(9-13-29)23-16-36-26(27-23)28-25(31)24(35-20-10-14-34-15-11-20)19-2-4-21(5-3-19)37(32,33)22-6-7-22/h2-5,16,18,20,22,24H,6-15H2,1H3,(H,27,28,31). The molecule has 2 aliphatic heterocycles. The van der Waals surface area contributed by atoms with Crippen LogP contribution in [0.5, 0.6) is 0 Å². The fourth-order valence-corrected chi connectivity index (χ4v) is 7.34. The molecule has 200 valence electrons. The third kappa shape index (κ3) is 6.22. The first kappa shape index (κ1) is 26.3. The number of benzene rings is 1. The van der Waals surface area contributed by atoms with Gasteiger partial charge in [-0.2, -0.15) is 0 Å². The minimum Gasteiger partial charge on any atom is -0.381 e. The Hall–Kier alpha value is -2.34. The van der Waals surface area contributed by atoms with Crippen molar-refractivity contribution in [1.29, 1.82) is 0 Å². The number of rotatable bonds is 8. The molecule has 0 spiro atoms. The number of carbonyl (C=O) groups is 2. The smallest absolute Gasteiger partial charge is 0.259 e. The number of hydrogen-bond donors (Lipinski definition) is 1. The van der Waals surface area contributed by atoms with E-state index in [9.17, 15) is 18.0 Å². The molecule has 1 saturated carbocycles. The molecule has 5 rings (SSSR count). The van der Waals surface area contributed by atoms with Crippen molar-refractivity contribution in [3.63, 3.8) is 0 Å². The lowest BCUT2D eigenvalue weighted by Crippen LogP contribution is -2.36. The number of likely N-dealkylation sites (tertiary alicyclic amines) is 1. The molecule has 2 amide bonds. The molecule has 2 aromatic rings. The molecular formula is C26H33N3O6S2. The maximum absolute atomic E-state index is 13.4. The molecule has 2 saturated heterocycles. The molecule has 1 aliphatic carbocycles. The van der Waals surface area contributed by atoms with E-state index in [0.29, 0.717) is 62.7 Å². The third-order valence-electron chi connectivity index (χ3n) is 7.32. The zero-order valence-electron chi connectivity index (χ0n) is 20.9. The first-order chi connectivity index (χ1) is 17.8. The first-order valence-electron chi connectivity index (χ1n) is 12.9. The van der Waals surface area contributed by atoms with Crippen molar-refractivity contribution in [1.82, 2.24) is 9.88 Å². The summed E-state index contributed by atoms with van der Waals surface area (Å²) in [5.74, 6) is 0.0164.